The summed E-state index contributed by atoms with van der Waals surface area (Å²) < 4.78 is 8.85. The van der Waals surface area contributed by atoms with Crippen LogP contribution in [0.2, 0.25) is 0 Å². The van der Waals surface area contributed by atoms with Crippen molar-refractivity contribution >= 4 is 11.0 Å². The summed E-state index contributed by atoms with van der Waals surface area (Å²) in [6.45, 7) is 0.955. The average molecular weight is 341 g/mol. The summed E-state index contributed by atoms with van der Waals surface area (Å²) in [6.07, 6.45) is -0.767. The molecule has 0 aliphatic rings. The molecule has 25 heavy (non-hydrogen) atoms. The molecule has 3 aromatic rings. The van der Waals surface area contributed by atoms with Gasteiger partial charge in [-0.05, 0) is 42.4 Å². The van der Waals surface area contributed by atoms with Crippen molar-refractivity contribution in [2.75, 3.05) is 13.7 Å². The molecular weight excluding hydrogens is 318 g/mol. The van der Waals surface area contributed by atoms with E-state index in [2.05, 4.69) is 5.32 Å². The molecule has 0 saturated heterocycles. The second-order valence-corrected chi connectivity index (χ2v) is 6.15. The van der Waals surface area contributed by atoms with E-state index in [-0.39, 0.29) is 12.3 Å². The Balaban J connectivity index is 1.72. The third-order valence-electron chi connectivity index (χ3n) is 4.39. The Labute approximate surface area is 146 Å². The van der Waals surface area contributed by atoms with E-state index in [9.17, 15) is 9.90 Å². The number of nitrogens with one attached hydrogen (secondary N) is 1. The first-order chi connectivity index (χ1) is 12.0. The number of imidazole rings is 1. The molecule has 1 aromatic heterocycles. The Kier molecular flexibility index (Phi) is 4.92. The molecule has 0 aliphatic carbocycles. The molecule has 3 rings (SSSR count). The van der Waals surface area contributed by atoms with Gasteiger partial charge >= 0.3 is 5.69 Å². The number of hydrogen-bond acceptors (Lipinski definition) is 4. The monoisotopic (exact) mass is 341 g/mol. The van der Waals surface area contributed by atoms with Crippen molar-refractivity contribution in [1.82, 2.24) is 14.5 Å². The average Bonchev–Trinajstić information content (AvgIpc) is 2.85. The summed E-state index contributed by atoms with van der Waals surface area (Å²) in [5, 5.41) is 13.5. The van der Waals surface area contributed by atoms with Gasteiger partial charge in [-0.25, -0.2) is 4.79 Å². The first kappa shape index (κ1) is 17.3. The zero-order valence-corrected chi connectivity index (χ0v) is 14.7. The first-order valence-corrected chi connectivity index (χ1v) is 8.21. The molecule has 0 radical (unpaired) electrons. The van der Waals surface area contributed by atoms with Crippen LogP contribution in [-0.2, 0) is 20.6 Å². The van der Waals surface area contributed by atoms with Gasteiger partial charge in [0.25, 0.3) is 0 Å². The van der Waals surface area contributed by atoms with Crippen LogP contribution in [0.5, 0.6) is 5.75 Å². The van der Waals surface area contributed by atoms with Crippen molar-refractivity contribution in [1.29, 1.82) is 0 Å². The van der Waals surface area contributed by atoms with Crippen molar-refractivity contribution in [2.45, 2.75) is 12.6 Å². The Morgan fingerprint density at radius 2 is 1.76 bits per heavy atom. The SMILES string of the molecule is CNCc1ccc(OC[C@@H](O)c2ccc3c(c2)n(C)c(=O)n3C)cc1. The van der Waals surface area contributed by atoms with Crippen molar-refractivity contribution in [3.05, 3.63) is 64.1 Å². The van der Waals surface area contributed by atoms with E-state index < -0.39 is 6.10 Å². The number of hydrogen-bond donors (Lipinski definition) is 2. The van der Waals surface area contributed by atoms with E-state index in [0.29, 0.717) is 5.75 Å². The molecule has 0 unspecified atom stereocenters. The van der Waals surface area contributed by atoms with E-state index in [1.807, 2.05) is 49.5 Å². The highest BCUT2D eigenvalue weighted by Gasteiger charge is 2.13. The number of aliphatic hydroxyl groups excluding tert-OH is 1. The molecule has 6 nitrogen and oxygen atoms in total. The van der Waals surface area contributed by atoms with Crippen LogP contribution in [0.3, 0.4) is 0 Å². The number of aliphatic hydroxyl groups is 1. The topological polar surface area (TPSA) is 68.4 Å². The third-order valence-corrected chi connectivity index (χ3v) is 4.39. The minimum atomic E-state index is -0.767. The molecule has 132 valence electrons. The molecule has 1 heterocycles. The van der Waals surface area contributed by atoms with Crippen LogP contribution in [0.4, 0.5) is 0 Å². The largest absolute Gasteiger partial charge is 0.491 e. The number of aromatic nitrogens is 2. The number of nitrogens with zero attached hydrogens (tertiary/aromatic N) is 2. The van der Waals surface area contributed by atoms with Crippen LogP contribution in [0, 0.1) is 0 Å². The zero-order chi connectivity index (χ0) is 18.0. The first-order valence-electron chi connectivity index (χ1n) is 8.21. The summed E-state index contributed by atoms with van der Waals surface area (Å²) in [5.74, 6) is 0.715. The van der Waals surface area contributed by atoms with Gasteiger partial charge in [0.05, 0.1) is 11.0 Å². The second-order valence-electron chi connectivity index (χ2n) is 6.15. The lowest BCUT2D eigenvalue weighted by molar-refractivity contribution is 0.108. The summed E-state index contributed by atoms with van der Waals surface area (Å²) in [4.78, 5) is 12.0. The maximum atomic E-state index is 12.0. The fourth-order valence-electron chi connectivity index (χ4n) is 2.91. The highest BCUT2D eigenvalue weighted by atomic mass is 16.5. The van der Waals surface area contributed by atoms with Crippen LogP contribution >= 0.6 is 0 Å². The normalized spacial score (nSPS) is 12.5. The zero-order valence-electron chi connectivity index (χ0n) is 14.7. The van der Waals surface area contributed by atoms with Crippen LogP contribution in [0.25, 0.3) is 11.0 Å². The highest BCUT2D eigenvalue weighted by Crippen LogP contribution is 2.21. The van der Waals surface area contributed by atoms with Gasteiger partial charge in [0.15, 0.2) is 0 Å². The maximum absolute atomic E-state index is 12.0. The Bertz CT molecular complexity index is 925. The maximum Gasteiger partial charge on any atom is 0.328 e. The van der Waals surface area contributed by atoms with Crippen molar-refractivity contribution in [2.24, 2.45) is 14.1 Å². The van der Waals surface area contributed by atoms with Gasteiger partial charge in [-0.1, -0.05) is 18.2 Å². The second kappa shape index (κ2) is 7.13. The molecule has 0 fully saturated rings. The van der Waals surface area contributed by atoms with Crippen LogP contribution in [0.15, 0.2) is 47.3 Å². The summed E-state index contributed by atoms with van der Waals surface area (Å²) >= 11 is 0. The Morgan fingerprint density at radius 1 is 1.08 bits per heavy atom. The number of aryl methyl sites for hydroxylation is 2. The van der Waals surface area contributed by atoms with E-state index in [1.165, 1.54) is 5.56 Å². The van der Waals surface area contributed by atoms with Gasteiger partial charge in [0.2, 0.25) is 0 Å². The smallest absolute Gasteiger partial charge is 0.328 e. The van der Waals surface area contributed by atoms with Gasteiger partial charge in [0, 0.05) is 20.6 Å². The Morgan fingerprint density at radius 3 is 2.44 bits per heavy atom. The molecule has 0 bridgehead atoms. The van der Waals surface area contributed by atoms with Crippen LogP contribution in [0.1, 0.15) is 17.2 Å². The van der Waals surface area contributed by atoms with E-state index in [1.54, 1.807) is 23.2 Å². The van der Waals surface area contributed by atoms with Crippen molar-refractivity contribution in [3.63, 3.8) is 0 Å². The fourth-order valence-corrected chi connectivity index (χ4v) is 2.91. The predicted molar refractivity (Wildman–Crippen MR) is 97.8 cm³/mol. The lowest BCUT2D eigenvalue weighted by atomic mass is 10.1. The molecule has 6 heteroatoms. The van der Waals surface area contributed by atoms with E-state index in [4.69, 9.17) is 4.74 Å². The van der Waals surface area contributed by atoms with Crippen LogP contribution < -0.4 is 15.7 Å². The number of benzene rings is 2. The summed E-state index contributed by atoms with van der Waals surface area (Å²) in [7, 11) is 5.37. The molecule has 0 aliphatic heterocycles. The number of fused-ring (bicyclic) bond motifs is 1. The lowest BCUT2D eigenvalue weighted by Gasteiger charge is -2.13. The molecule has 1 atom stereocenters. The van der Waals surface area contributed by atoms with Gasteiger partial charge < -0.3 is 15.2 Å². The number of ether oxygens (including phenoxy) is 1. The van der Waals surface area contributed by atoms with E-state index in [0.717, 1.165) is 23.1 Å². The minimum absolute atomic E-state index is 0.0838. The van der Waals surface area contributed by atoms with Gasteiger partial charge in [-0.3, -0.25) is 9.13 Å². The van der Waals surface area contributed by atoms with E-state index >= 15 is 0 Å². The molecular formula is C19H23N3O3. The minimum Gasteiger partial charge on any atom is -0.491 e. The number of rotatable bonds is 6. The molecule has 0 amide bonds. The molecule has 0 spiro atoms. The molecule has 2 N–H and O–H groups in total. The van der Waals surface area contributed by atoms with Gasteiger partial charge in [0.1, 0.15) is 18.5 Å². The summed E-state index contributed by atoms with van der Waals surface area (Å²) in [5.41, 5.74) is 3.44. The highest BCUT2D eigenvalue weighted by molar-refractivity contribution is 5.76. The standard InChI is InChI=1S/C19H23N3O3/c1-20-11-13-4-7-15(8-5-13)25-12-18(23)14-6-9-16-17(10-14)22(3)19(24)21(16)2/h4-10,18,20,23H,11-12H2,1-3H3/t18-/m1/s1. The van der Waals surface area contributed by atoms with Crippen molar-refractivity contribution < 1.29 is 9.84 Å². The van der Waals surface area contributed by atoms with Gasteiger partial charge in [-0.15, -0.1) is 0 Å². The molecule has 2 aromatic carbocycles. The third kappa shape index (κ3) is 3.45. The van der Waals surface area contributed by atoms with Crippen molar-refractivity contribution in [3.8, 4) is 5.75 Å². The van der Waals surface area contributed by atoms with Crippen LogP contribution in [-0.4, -0.2) is 27.9 Å². The van der Waals surface area contributed by atoms with Gasteiger partial charge in [-0.2, -0.15) is 0 Å². The Hall–Kier alpha value is -2.57. The predicted octanol–water partition coefficient (Wildman–Crippen LogP) is 1.71. The summed E-state index contributed by atoms with van der Waals surface area (Å²) in [6, 6.07) is 13.3. The quantitative estimate of drug-likeness (QED) is 0.716. The lowest BCUT2D eigenvalue weighted by Crippen LogP contribution is -2.19. The molecule has 0 saturated carbocycles. The fraction of sp³-hybridized carbons (Fsp3) is 0.316.